The molecule has 0 aliphatic heterocycles. The van der Waals surface area contributed by atoms with Gasteiger partial charge in [0, 0.05) is 5.54 Å². The average molecular weight is 300 g/mol. The highest BCUT2D eigenvalue weighted by molar-refractivity contribution is 6.33. The van der Waals surface area contributed by atoms with E-state index in [-0.39, 0.29) is 22.2 Å². The number of rotatable bonds is 4. The number of halogens is 1. The zero-order valence-corrected chi connectivity index (χ0v) is 12.6. The van der Waals surface area contributed by atoms with Crippen molar-refractivity contribution in [3.8, 4) is 5.75 Å². The highest BCUT2D eigenvalue weighted by Gasteiger charge is 2.23. The Morgan fingerprint density at radius 3 is 2.45 bits per heavy atom. The fraction of sp³-hybridized carbons (Fsp3) is 0.429. The molecule has 0 saturated heterocycles. The molecule has 1 amide bonds. The SMILES string of the molecule is CC(Oc1cccc(Cl)c1C(=O)O)C(=O)NC(C)(C)C. The molecule has 0 aliphatic rings. The summed E-state index contributed by atoms with van der Waals surface area (Å²) in [6.07, 6.45) is -0.828. The number of carbonyl (C=O) groups is 2. The lowest BCUT2D eigenvalue weighted by atomic mass is 10.1. The molecular formula is C14H18ClNO4. The molecule has 0 saturated carbocycles. The van der Waals surface area contributed by atoms with Gasteiger partial charge in [-0.05, 0) is 39.8 Å². The Morgan fingerprint density at radius 1 is 1.35 bits per heavy atom. The lowest BCUT2D eigenvalue weighted by Crippen LogP contribution is -2.46. The minimum Gasteiger partial charge on any atom is -0.480 e. The maximum Gasteiger partial charge on any atom is 0.341 e. The maximum absolute atomic E-state index is 11.9. The van der Waals surface area contributed by atoms with E-state index in [1.165, 1.54) is 12.1 Å². The van der Waals surface area contributed by atoms with E-state index >= 15 is 0 Å². The Bertz CT molecular complexity index is 522. The first kappa shape index (κ1) is 16.3. The summed E-state index contributed by atoms with van der Waals surface area (Å²) in [7, 11) is 0. The number of benzene rings is 1. The van der Waals surface area contributed by atoms with Crippen LogP contribution in [0.1, 0.15) is 38.1 Å². The monoisotopic (exact) mass is 299 g/mol. The fourth-order valence-electron chi connectivity index (χ4n) is 1.53. The van der Waals surface area contributed by atoms with Gasteiger partial charge in [-0.1, -0.05) is 17.7 Å². The van der Waals surface area contributed by atoms with Gasteiger partial charge < -0.3 is 15.2 Å². The van der Waals surface area contributed by atoms with Gasteiger partial charge in [0.15, 0.2) is 6.10 Å². The van der Waals surface area contributed by atoms with Crippen molar-refractivity contribution < 1.29 is 19.4 Å². The Kier molecular flexibility index (Phi) is 5.00. The highest BCUT2D eigenvalue weighted by Crippen LogP contribution is 2.27. The lowest BCUT2D eigenvalue weighted by Gasteiger charge is -2.24. The summed E-state index contributed by atoms with van der Waals surface area (Å²) in [6, 6.07) is 4.49. The molecule has 2 N–H and O–H groups in total. The first-order chi connectivity index (χ1) is 9.11. The number of aromatic carboxylic acids is 1. The van der Waals surface area contributed by atoms with Crippen LogP contribution in [0.2, 0.25) is 5.02 Å². The Labute approximate surface area is 122 Å². The van der Waals surface area contributed by atoms with Crippen LogP contribution in [-0.2, 0) is 4.79 Å². The third-order valence-electron chi connectivity index (χ3n) is 2.36. The molecule has 0 fully saturated rings. The minimum atomic E-state index is -1.20. The summed E-state index contributed by atoms with van der Waals surface area (Å²) < 4.78 is 5.42. The van der Waals surface area contributed by atoms with Crippen molar-refractivity contribution in [2.45, 2.75) is 39.3 Å². The predicted molar refractivity (Wildman–Crippen MR) is 76.4 cm³/mol. The second-order valence-electron chi connectivity index (χ2n) is 5.42. The van der Waals surface area contributed by atoms with Crippen LogP contribution in [0.15, 0.2) is 18.2 Å². The van der Waals surface area contributed by atoms with E-state index in [1.54, 1.807) is 13.0 Å². The second-order valence-corrected chi connectivity index (χ2v) is 5.82. The molecule has 1 unspecified atom stereocenters. The Morgan fingerprint density at radius 2 is 1.95 bits per heavy atom. The molecule has 1 atom stereocenters. The van der Waals surface area contributed by atoms with Crippen LogP contribution in [0.4, 0.5) is 0 Å². The van der Waals surface area contributed by atoms with Crippen molar-refractivity contribution in [2.24, 2.45) is 0 Å². The van der Waals surface area contributed by atoms with Crippen molar-refractivity contribution in [1.82, 2.24) is 5.32 Å². The lowest BCUT2D eigenvalue weighted by molar-refractivity contribution is -0.128. The second kappa shape index (κ2) is 6.13. The summed E-state index contributed by atoms with van der Waals surface area (Å²) in [6.45, 7) is 7.09. The van der Waals surface area contributed by atoms with Crippen molar-refractivity contribution in [2.75, 3.05) is 0 Å². The molecule has 110 valence electrons. The number of amides is 1. The first-order valence-electron chi connectivity index (χ1n) is 6.12. The summed E-state index contributed by atoms with van der Waals surface area (Å²) >= 11 is 5.83. The number of carboxylic acids is 1. The molecule has 1 aromatic rings. The number of ether oxygens (including phenoxy) is 1. The molecular weight excluding hydrogens is 282 g/mol. The number of hydrogen-bond acceptors (Lipinski definition) is 3. The molecule has 1 aromatic carbocycles. The zero-order valence-electron chi connectivity index (χ0n) is 11.9. The van der Waals surface area contributed by atoms with Crippen LogP contribution in [0.3, 0.4) is 0 Å². The number of nitrogens with one attached hydrogen (secondary N) is 1. The van der Waals surface area contributed by atoms with Crippen molar-refractivity contribution in [1.29, 1.82) is 0 Å². The molecule has 0 heterocycles. The molecule has 0 bridgehead atoms. The molecule has 0 aromatic heterocycles. The number of carboxylic acid groups (broad SMARTS) is 1. The van der Waals surface area contributed by atoms with Crippen molar-refractivity contribution >= 4 is 23.5 Å². The molecule has 6 heteroatoms. The van der Waals surface area contributed by atoms with Gasteiger partial charge in [0.25, 0.3) is 5.91 Å². The molecule has 5 nitrogen and oxygen atoms in total. The van der Waals surface area contributed by atoms with E-state index in [9.17, 15) is 9.59 Å². The van der Waals surface area contributed by atoms with Crippen molar-refractivity contribution in [3.05, 3.63) is 28.8 Å². The third-order valence-corrected chi connectivity index (χ3v) is 2.68. The standard InChI is InChI=1S/C14H18ClNO4/c1-8(12(17)16-14(2,3)4)20-10-7-5-6-9(15)11(10)13(18)19/h5-8H,1-4H3,(H,16,17)(H,18,19). The van der Waals surface area contributed by atoms with Crippen LogP contribution in [0.5, 0.6) is 5.75 Å². The summed E-state index contributed by atoms with van der Waals surface area (Å²) in [5.41, 5.74) is -0.539. The Balaban J connectivity index is 2.91. The quantitative estimate of drug-likeness (QED) is 0.896. The topological polar surface area (TPSA) is 75.6 Å². The van der Waals surface area contributed by atoms with Gasteiger partial charge in [0.1, 0.15) is 11.3 Å². The summed E-state index contributed by atoms with van der Waals surface area (Å²) in [5, 5.41) is 11.9. The van der Waals surface area contributed by atoms with E-state index in [4.69, 9.17) is 21.4 Å². The van der Waals surface area contributed by atoms with Crippen LogP contribution in [0.25, 0.3) is 0 Å². The molecule has 1 rings (SSSR count). The molecule has 0 radical (unpaired) electrons. The fourth-order valence-corrected chi connectivity index (χ4v) is 1.77. The highest BCUT2D eigenvalue weighted by atomic mass is 35.5. The Hall–Kier alpha value is -1.75. The van der Waals surface area contributed by atoms with Gasteiger partial charge >= 0.3 is 5.97 Å². The van der Waals surface area contributed by atoms with Crippen LogP contribution < -0.4 is 10.1 Å². The zero-order chi connectivity index (χ0) is 15.5. The van der Waals surface area contributed by atoms with Gasteiger partial charge in [-0.25, -0.2) is 4.79 Å². The number of carbonyl (C=O) groups excluding carboxylic acids is 1. The number of hydrogen-bond donors (Lipinski definition) is 2. The first-order valence-corrected chi connectivity index (χ1v) is 6.50. The van der Waals surface area contributed by atoms with E-state index in [0.29, 0.717) is 0 Å². The largest absolute Gasteiger partial charge is 0.480 e. The molecule has 0 aliphatic carbocycles. The van der Waals surface area contributed by atoms with Gasteiger partial charge in [0.05, 0.1) is 5.02 Å². The smallest absolute Gasteiger partial charge is 0.341 e. The summed E-state index contributed by atoms with van der Waals surface area (Å²) in [4.78, 5) is 23.1. The molecule has 20 heavy (non-hydrogen) atoms. The third kappa shape index (κ3) is 4.42. The van der Waals surface area contributed by atoms with Gasteiger partial charge in [0.2, 0.25) is 0 Å². The van der Waals surface area contributed by atoms with Crippen LogP contribution in [0, 0.1) is 0 Å². The van der Waals surface area contributed by atoms with Crippen LogP contribution >= 0.6 is 11.6 Å². The normalized spacial score (nSPS) is 12.7. The van der Waals surface area contributed by atoms with E-state index in [1.807, 2.05) is 20.8 Å². The van der Waals surface area contributed by atoms with Crippen LogP contribution in [-0.4, -0.2) is 28.6 Å². The minimum absolute atomic E-state index is 0.0680. The van der Waals surface area contributed by atoms with Gasteiger partial charge in [-0.15, -0.1) is 0 Å². The maximum atomic E-state index is 11.9. The molecule has 0 spiro atoms. The van der Waals surface area contributed by atoms with E-state index in [0.717, 1.165) is 0 Å². The average Bonchev–Trinajstić information content (AvgIpc) is 2.25. The van der Waals surface area contributed by atoms with E-state index in [2.05, 4.69) is 5.32 Å². The van der Waals surface area contributed by atoms with E-state index < -0.39 is 17.6 Å². The summed E-state index contributed by atoms with van der Waals surface area (Å²) in [5.74, 6) is -1.45. The predicted octanol–water partition coefficient (Wildman–Crippen LogP) is 2.72. The van der Waals surface area contributed by atoms with Gasteiger partial charge in [-0.3, -0.25) is 4.79 Å². The van der Waals surface area contributed by atoms with Gasteiger partial charge in [-0.2, -0.15) is 0 Å². The van der Waals surface area contributed by atoms with Crippen molar-refractivity contribution in [3.63, 3.8) is 0 Å².